The number of hydrogen-bond acceptors (Lipinski definition) is 1. The predicted molar refractivity (Wildman–Crippen MR) is 28.6 cm³/mol. The summed E-state index contributed by atoms with van der Waals surface area (Å²) in [7, 11) is 0. The molecule has 1 heteroatoms. The van der Waals surface area contributed by atoms with Crippen LogP contribution in [0.4, 0.5) is 0 Å². The van der Waals surface area contributed by atoms with Crippen molar-refractivity contribution in [3.63, 3.8) is 0 Å². The largest absolute Gasteiger partial charge is 0.233 e. The molecule has 0 saturated carbocycles. The van der Waals surface area contributed by atoms with Crippen LogP contribution in [-0.4, -0.2) is 5.94 Å². The molecule has 0 aromatic carbocycles. The molecule has 0 rings (SSSR count). The van der Waals surface area contributed by atoms with E-state index in [-0.39, 0.29) is 0 Å². The summed E-state index contributed by atoms with van der Waals surface area (Å²) in [6, 6.07) is 0. The van der Waals surface area contributed by atoms with E-state index in [1.807, 2.05) is 6.92 Å². The molecule has 0 bridgehead atoms. The van der Waals surface area contributed by atoms with Crippen molar-refractivity contribution >= 4 is 5.94 Å². The fraction of sp³-hybridized carbons (Fsp3) is 0.167. The van der Waals surface area contributed by atoms with Crippen LogP contribution in [0, 0.1) is 0 Å². The topological polar surface area (TPSA) is 17.1 Å². The highest BCUT2D eigenvalue weighted by molar-refractivity contribution is 5.48. The molecule has 1 nitrogen and oxygen atoms in total. The normalized spacial score (nSPS) is 5.29. The van der Waals surface area contributed by atoms with Crippen LogP contribution >= 0.6 is 0 Å². The van der Waals surface area contributed by atoms with Crippen LogP contribution < -0.4 is 0 Å². The predicted octanol–water partition coefficient (Wildman–Crippen LogP) is 1.11. The summed E-state index contributed by atoms with van der Waals surface area (Å²) in [6.07, 6.45) is 4.49. The second-order valence-corrected chi connectivity index (χ2v) is 0.907. The maximum absolute atomic E-state index is 9.41. The highest BCUT2D eigenvalue weighted by Gasteiger charge is 1.49. The molecule has 0 heterocycles. The minimum Gasteiger partial charge on any atom is -0.233 e. The number of hydrogen-bond donors (Lipinski definition) is 0. The quantitative estimate of drug-likeness (QED) is 0.270. The zero-order valence-corrected chi connectivity index (χ0v) is 4.14. The fourth-order valence-corrected chi connectivity index (χ4v) is 0.178. The Morgan fingerprint density at radius 1 is 1.43 bits per heavy atom. The second kappa shape index (κ2) is 4.97. The maximum atomic E-state index is 9.41. The number of allylic oxidation sites excluding steroid dienone is 2. The van der Waals surface area contributed by atoms with Crippen LogP contribution in [0.25, 0.3) is 0 Å². The lowest BCUT2D eigenvalue weighted by Gasteiger charge is -1.52. The molecule has 0 fully saturated rings. The molecule has 0 spiro atoms. The Bertz CT molecular complexity index is 132. The van der Waals surface area contributed by atoms with Gasteiger partial charge in [-0.15, -0.1) is 5.73 Å². The lowest BCUT2D eigenvalue weighted by Crippen LogP contribution is -1.42. The van der Waals surface area contributed by atoms with Gasteiger partial charge in [-0.2, -0.15) is 0 Å². The molecule has 0 unspecified atom stereocenters. The minimum absolute atomic E-state index is 1.26. The summed E-state index contributed by atoms with van der Waals surface area (Å²) in [5, 5.41) is 0. The lowest BCUT2D eigenvalue weighted by atomic mass is 10.5. The van der Waals surface area contributed by atoms with E-state index >= 15 is 0 Å². The monoisotopic (exact) mass is 94.0 g/mol. The van der Waals surface area contributed by atoms with Gasteiger partial charge >= 0.3 is 0 Å². The Hall–Kier alpha value is -1.03. The average molecular weight is 94.1 g/mol. The van der Waals surface area contributed by atoms with Gasteiger partial charge in [0.05, 0.1) is 0 Å². The Kier molecular flexibility index (Phi) is 4.24. The summed E-state index contributed by atoms with van der Waals surface area (Å²) < 4.78 is 0. The third kappa shape index (κ3) is 4.97. The van der Waals surface area contributed by atoms with Crippen molar-refractivity contribution in [2.45, 2.75) is 6.92 Å². The van der Waals surface area contributed by atoms with Gasteiger partial charge < -0.3 is 0 Å². The molecular formula is C6H6O. The zero-order chi connectivity index (χ0) is 5.54. The summed E-state index contributed by atoms with van der Waals surface area (Å²) in [5.74, 6) is 1.59. The third-order valence-electron chi connectivity index (χ3n) is 0.414. The first-order valence-corrected chi connectivity index (χ1v) is 1.98. The first-order chi connectivity index (χ1) is 3.41. The summed E-state index contributed by atoms with van der Waals surface area (Å²) in [4.78, 5) is 9.41. The molecule has 0 aliphatic heterocycles. The first kappa shape index (κ1) is 5.97. The van der Waals surface area contributed by atoms with E-state index in [0.717, 1.165) is 0 Å². The Balaban J connectivity index is 3.71. The van der Waals surface area contributed by atoms with Crippen LogP contribution in [0.1, 0.15) is 6.92 Å². The Morgan fingerprint density at radius 2 is 2.14 bits per heavy atom. The SMILES string of the molecule is CC=C=CC=C=O. The molecule has 0 aromatic heterocycles. The molecule has 0 aliphatic rings. The van der Waals surface area contributed by atoms with Crippen LogP contribution in [0.2, 0.25) is 0 Å². The van der Waals surface area contributed by atoms with Gasteiger partial charge in [0, 0.05) is 6.08 Å². The van der Waals surface area contributed by atoms with E-state index in [0.29, 0.717) is 0 Å². The number of rotatable bonds is 1. The summed E-state index contributed by atoms with van der Waals surface area (Å²) >= 11 is 0. The van der Waals surface area contributed by atoms with Crippen molar-refractivity contribution in [3.05, 3.63) is 24.0 Å². The third-order valence-corrected chi connectivity index (χ3v) is 0.414. The summed E-state index contributed by atoms with van der Waals surface area (Å²) in [6.45, 7) is 1.83. The first-order valence-electron chi connectivity index (χ1n) is 1.98. The second-order valence-electron chi connectivity index (χ2n) is 0.907. The van der Waals surface area contributed by atoms with Gasteiger partial charge in [-0.05, 0) is 19.1 Å². The maximum Gasteiger partial charge on any atom is 0.125 e. The summed E-state index contributed by atoms with van der Waals surface area (Å²) in [5.41, 5.74) is 2.68. The molecule has 7 heavy (non-hydrogen) atoms. The van der Waals surface area contributed by atoms with Gasteiger partial charge in [-0.1, -0.05) is 0 Å². The molecule has 0 aromatic rings. The molecule has 0 atom stereocenters. The molecular weight excluding hydrogens is 88.1 g/mol. The van der Waals surface area contributed by atoms with E-state index in [2.05, 4.69) is 5.73 Å². The van der Waals surface area contributed by atoms with Crippen LogP contribution in [-0.2, 0) is 4.79 Å². The molecule has 0 N–H and O–H groups in total. The van der Waals surface area contributed by atoms with Crippen molar-refractivity contribution in [3.8, 4) is 0 Å². The van der Waals surface area contributed by atoms with Crippen molar-refractivity contribution in [2.24, 2.45) is 0 Å². The van der Waals surface area contributed by atoms with Gasteiger partial charge in [-0.25, -0.2) is 4.79 Å². The number of carbonyl (C=O) groups excluding carboxylic acids is 1. The van der Waals surface area contributed by atoms with Crippen LogP contribution in [0.15, 0.2) is 24.0 Å². The highest BCUT2D eigenvalue weighted by atomic mass is 16.1. The van der Waals surface area contributed by atoms with Gasteiger partial charge in [0.25, 0.3) is 0 Å². The van der Waals surface area contributed by atoms with Gasteiger partial charge in [-0.3, -0.25) is 0 Å². The van der Waals surface area contributed by atoms with E-state index in [9.17, 15) is 4.79 Å². The van der Waals surface area contributed by atoms with Crippen molar-refractivity contribution in [2.75, 3.05) is 0 Å². The van der Waals surface area contributed by atoms with E-state index in [4.69, 9.17) is 0 Å². The van der Waals surface area contributed by atoms with E-state index < -0.39 is 0 Å². The smallest absolute Gasteiger partial charge is 0.125 e. The van der Waals surface area contributed by atoms with Crippen molar-refractivity contribution < 1.29 is 4.79 Å². The zero-order valence-electron chi connectivity index (χ0n) is 4.14. The lowest BCUT2D eigenvalue weighted by molar-refractivity contribution is 0.569. The highest BCUT2D eigenvalue weighted by Crippen LogP contribution is 1.62. The van der Waals surface area contributed by atoms with E-state index in [1.165, 1.54) is 12.2 Å². The molecule has 0 amide bonds. The van der Waals surface area contributed by atoms with Crippen LogP contribution in [0.3, 0.4) is 0 Å². The molecule has 0 radical (unpaired) electrons. The average Bonchev–Trinajstić information content (AvgIpc) is 1.69. The van der Waals surface area contributed by atoms with Gasteiger partial charge in [0.2, 0.25) is 0 Å². The van der Waals surface area contributed by atoms with E-state index in [1.54, 1.807) is 12.0 Å². The molecule has 36 valence electrons. The fourth-order valence-electron chi connectivity index (χ4n) is 0.178. The van der Waals surface area contributed by atoms with Crippen molar-refractivity contribution in [1.82, 2.24) is 0 Å². The minimum atomic E-state index is 1.26. The molecule has 0 saturated heterocycles. The van der Waals surface area contributed by atoms with Gasteiger partial charge in [0.1, 0.15) is 5.94 Å². The Labute approximate surface area is 42.7 Å². The Morgan fingerprint density at radius 3 is 2.57 bits per heavy atom. The van der Waals surface area contributed by atoms with Gasteiger partial charge in [0.15, 0.2) is 0 Å². The standard InChI is InChI=1S/C6H6O/c1-2-3-4-5-6-7/h2,4-5H,1H3. The molecule has 0 aliphatic carbocycles. The van der Waals surface area contributed by atoms with Crippen LogP contribution in [0.5, 0.6) is 0 Å². The van der Waals surface area contributed by atoms with Crippen molar-refractivity contribution in [1.29, 1.82) is 0 Å².